The van der Waals surface area contributed by atoms with Crippen LogP contribution in [0.5, 0.6) is 0 Å². The Kier molecular flexibility index (Phi) is 4.15. The molecular formula is C20H22FN3O. The van der Waals surface area contributed by atoms with E-state index in [0.717, 1.165) is 49.4 Å². The van der Waals surface area contributed by atoms with Crippen molar-refractivity contribution in [2.45, 2.75) is 25.8 Å². The molecular weight excluding hydrogens is 317 g/mol. The van der Waals surface area contributed by atoms with Crippen LogP contribution < -0.4 is 4.90 Å². The van der Waals surface area contributed by atoms with E-state index in [0.29, 0.717) is 5.92 Å². The van der Waals surface area contributed by atoms with Crippen molar-refractivity contribution in [1.82, 2.24) is 9.88 Å². The molecule has 0 N–H and O–H groups in total. The average Bonchev–Trinajstić information content (AvgIpc) is 3.05. The normalized spacial score (nSPS) is 22.8. The number of anilines is 1. The molecule has 4 rings (SSSR count). The van der Waals surface area contributed by atoms with E-state index in [1.54, 1.807) is 6.07 Å². The highest BCUT2D eigenvalue weighted by atomic mass is 19.1. The van der Waals surface area contributed by atoms with Crippen LogP contribution in [0.25, 0.3) is 0 Å². The number of carbonyl (C=O) groups excluding carboxylic acids is 1. The van der Waals surface area contributed by atoms with E-state index in [1.165, 1.54) is 12.3 Å². The molecule has 0 bridgehead atoms. The summed E-state index contributed by atoms with van der Waals surface area (Å²) in [6.45, 7) is 4.47. The Morgan fingerprint density at radius 3 is 2.72 bits per heavy atom. The van der Waals surface area contributed by atoms with E-state index < -0.39 is 0 Å². The fourth-order valence-electron chi connectivity index (χ4n) is 4.12. The minimum Gasteiger partial charge on any atom is -0.355 e. The molecule has 0 aliphatic carbocycles. The summed E-state index contributed by atoms with van der Waals surface area (Å²) in [5.41, 5.74) is 1.81. The Balaban J connectivity index is 1.55. The number of halogens is 1. The van der Waals surface area contributed by atoms with E-state index in [4.69, 9.17) is 0 Å². The summed E-state index contributed by atoms with van der Waals surface area (Å²) in [7, 11) is 0. The summed E-state index contributed by atoms with van der Waals surface area (Å²) >= 11 is 0. The molecule has 2 saturated heterocycles. The number of hydrogen-bond acceptors (Lipinski definition) is 3. The molecule has 1 aromatic heterocycles. The topological polar surface area (TPSA) is 36.4 Å². The second kappa shape index (κ2) is 6.47. The molecule has 4 nitrogen and oxygen atoms in total. The Morgan fingerprint density at radius 1 is 1.16 bits per heavy atom. The lowest BCUT2D eigenvalue weighted by Gasteiger charge is -2.39. The third kappa shape index (κ3) is 2.99. The zero-order valence-electron chi connectivity index (χ0n) is 14.4. The Labute approximate surface area is 147 Å². The van der Waals surface area contributed by atoms with Gasteiger partial charge in [-0.05, 0) is 49.4 Å². The summed E-state index contributed by atoms with van der Waals surface area (Å²) in [5, 5.41) is 0. The van der Waals surface area contributed by atoms with E-state index in [-0.39, 0.29) is 17.8 Å². The maximum atomic E-state index is 13.1. The zero-order chi connectivity index (χ0) is 17.4. The van der Waals surface area contributed by atoms with Crippen molar-refractivity contribution in [2.75, 3.05) is 24.5 Å². The van der Waals surface area contributed by atoms with E-state index in [1.807, 2.05) is 36.1 Å². The minimum atomic E-state index is -0.323. The molecule has 2 unspecified atom stereocenters. The quantitative estimate of drug-likeness (QED) is 0.842. The first-order valence-corrected chi connectivity index (χ1v) is 8.86. The highest BCUT2D eigenvalue weighted by Crippen LogP contribution is 2.34. The van der Waals surface area contributed by atoms with Gasteiger partial charge in [0.2, 0.25) is 0 Å². The molecule has 130 valence electrons. The molecule has 25 heavy (non-hydrogen) atoms. The van der Waals surface area contributed by atoms with Crippen molar-refractivity contribution in [1.29, 1.82) is 0 Å². The SMILES string of the molecule is Cc1ccccc1C(=O)N1CCC2CCN(c3ccc(F)cn3)CC21. The molecule has 0 spiro atoms. The number of amides is 1. The largest absolute Gasteiger partial charge is 0.355 e. The number of pyridine rings is 1. The third-order valence-corrected chi connectivity index (χ3v) is 5.53. The lowest BCUT2D eigenvalue weighted by molar-refractivity contribution is 0.0711. The molecule has 2 aliphatic heterocycles. The van der Waals surface area contributed by atoms with E-state index >= 15 is 0 Å². The number of likely N-dealkylation sites (tertiary alicyclic amines) is 1. The van der Waals surface area contributed by atoms with Crippen molar-refractivity contribution in [3.05, 3.63) is 59.5 Å². The van der Waals surface area contributed by atoms with Crippen molar-refractivity contribution in [3.8, 4) is 0 Å². The second-order valence-corrected chi connectivity index (χ2v) is 7.00. The maximum absolute atomic E-state index is 13.1. The van der Waals surface area contributed by atoms with Crippen molar-refractivity contribution >= 4 is 11.7 Å². The van der Waals surface area contributed by atoms with E-state index in [9.17, 15) is 9.18 Å². The molecule has 0 saturated carbocycles. The molecule has 1 aromatic carbocycles. The van der Waals surface area contributed by atoms with Gasteiger partial charge in [0.05, 0.1) is 12.2 Å². The number of aryl methyl sites for hydroxylation is 1. The summed E-state index contributed by atoms with van der Waals surface area (Å²) in [5.74, 6) is 1.13. The molecule has 1 amide bonds. The van der Waals surface area contributed by atoms with Crippen LogP contribution >= 0.6 is 0 Å². The summed E-state index contributed by atoms with van der Waals surface area (Å²) in [6.07, 6.45) is 3.36. The van der Waals surface area contributed by atoms with E-state index in [2.05, 4.69) is 9.88 Å². The third-order valence-electron chi connectivity index (χ3n) is 5.53. The lowest BCUT2D eigenvalue weighted by atomic mass is 9.92. The fraction of sp³-hybridized carbons (Fsp3) is 0.400. The number of nitrogens with zero attached hydrogens (tertiary/aromatic N) is 3. The van der Waals surface area contributed by atoms with Gasteiger partial charge in [-0.2, -0.15) is 0 Å². The molecule has 2 aliphatic rings. The van der Waals surface area contributed by atoms with Gasteiger partial charge >= 0.3 is 0 Å². The first-order chi connectivity index (χ1) is 12.1. The number of carbonyl (C=O) groups is 1. The second-order valence-electron chi connectivity index (χ2n) is 7.00. The summed E-state index contributed by atoms with van der Waals surface area (Å²) < 4.78 is 13.1. The molecule has 3 heterocycles. The monoisotopic (exact) mass is 339 g/mol. The van der Waals surface area contributed by atoms with Gasteiger partial charge in [0.25, 0.3) is 5.91 Å². The minimum absolute atomic E-state index is 0.125. The lowest BCUT2D eigenvalue weighted by Crippen LogP contribution is -2.50. The van der Waals surface area contributed by atoms with Gasteiger partial charge in [-0.3, -0.25) is 4.79 Å². The van der Waals surface area contributed by atoms with Gasteiger partial charge in [-0.15, -0.1) is 0 Å². The van der Waals surface area contributed by atoms with Gasteiger partial charge in [-0.1, -0.05) is 18.2 Å². The Bertz CT molecular complexity index is 777. The van der Waals surface area contributed by atoms with Crippen LogP contribution in [0, 0.1) is 18.7 Å². The van der Waals surface area contributed by atoms with Gasteiger partial charge < -0.3 is 9.80 Å². The number of hydrogen-bond donors (Lipinski definition) is 0. The van der Waals surface area contributed by atoms with Crippen LogP contribution in [0.3, 0.4) is 0 Å². The van der Waals surface area contributed by atoms with Gasteiger partial charge in [0, 0.05) is 25.2 Å². The van der Waals surface area contributed by atoms with Crippen LogP contribution in [0.2, 0.25) is 0 Å². The fourth-order valence-corrected chi connectivity index (χ4v) is 4.12. The van der Waals surface area contributed by atoms with Gasteiger partial charge in [0.1, 0.15) is 11.6 Å². The van der Waals surface area contributed by atoms with Crippen LogP contribution in [0.4, 0.5) is 10.2 Å². The Morgan fingerprint density at radius 2 is 1.96 bits per heavy atom. The van der Waals surface area contributed by atoms with Crippen molar-refractivity contribution in [3.63, 3.8) is 0 Å². The first kappa shape index (κ1) is 16.1. The number of fused-ring (bicyclic) bond motifs is 1. The van der Waals surface area contributed by atoms with Crippen LogP contribution in [0.15, 0.2) is 42.6 Å². The predicted molar refractivity (Wildman–Crippen MR) is 95.1 cm³/mol. The highest BCUT2D eigenvalue weighted by Gasteiger charge is 2.41. The van der Waals surface area contributed by atoms with Crippen molar-refractivity contribution < 1.29 is 9.18 Å². The number of rotatable bonds is 2. The number of benzene rings is 1. The van der Waals surface area contributed by atoms with Gasteiger partial charge in [0.15, 0.2) is 0 Å². The highest BCUT2D eigenvalue weighted by molar-refractivity contribution is 5.96. The molecule has 5 heteroatoms. The van der Waals surface area contributed by atoms with Gasteiger partial charge in [-0.25, -0.2) is 9.37 Å². The number of piperidine rings is 1. The summed E-state index contributed by atoms with van der Waals surface area (Å²) in [4.78, 5) is 21.5. The molecule has 2 aromatic rings. The maximum Gasteiger partial charge on any atom is 0.254 e. The van der Waals surface area contributed by atoms with Crippen LogP contribution in [-0.4, -0.2) is 41.5 Å². The standard InChI is InChI=1S/C20H22FN3O/c1-14-4-2-3-5-17(14)20(25)24-11-9-15-8-10-23(13-18(15)24)19-7-6-16(21)12-22-19/h2-7,12,15,18H,8-11,13H2,1H3. The number of aromatic nitrogens is 1. The molecule has 2 fully saturated rings. The summed E-state index contributed by atoms with van der Waals surface area (Å²) in [6, 6.07) is 11.1. The zero-order valence-corrected chi connectivity index (χ0v) is 14.4. The van der Waals surface area contributed by atoms with Crippen LogP contribution in [0.1, 0.15) is 28.8 Å². The Hall–Kier alpha value is -2.43. The van der Waals surface area contributed by atoms with Crippen molar-refractivity contribution in [2.24, 2.45) is 5.92 Å². The smallest absolute Gasteiger partial charge is 0.254 e. The predicted octanol–water partition coefficient (Wildman–Crippen LogP) is 3.27. The average molecular weight is 339 g/mol. The van der Waals surface area contributed by atoms with Crippen LogP contribution in [-0.2, 0) is 0 Å². The molecule has 0 radical (unpaired) electrons. The first-order valence-electron chi connectivity index (χ1n) is 8.86. The molecule has 2 atom stereocenters.